The van der Waals surface area contributed by atoms with E-state index >= 15 is 0 Å². The molecule has 4 nitrogen and oxygen atoms in total. The van der Waals surface area contributed by atoms with E-state index in [0.29, 0.717) is 11.7 Å². The van der Waals surface area contributed by atoms with E-state index in [2.05, 4.69) is 24.1 Å². The van der Waals surface area contributed by atoms with Gasteiger partial charge in [0, 0.05) is 17.4 Å². The molecule has 1 rings (SSSR count). The first-order chi connectivity index (χ1) is 8.99. The zero-order chi connectivity index (χ0) is 14.4. The lowest BCUT2D eigenvalue weighted by molar-refractivity contribution is -0.121. The number of amides is 1. The van der Waals surface area contributed by atoms with Crippen LogP contribution in [0, 0.1) is 0 Å². The third-order valence-corrected chi connectivity index (χ3v) is 3.66. The average Bonchev–Trinajstić information content (AvgIpc) is 2.39. The van der Waals surface area contributed by atoms with Crippen molar-refractivity contribution in [3.8, 4) is 0 Å². The van der Waals surface area contributed by atoms with Crippen LogP contribution >= 0.6 is 0 Å². The van der Waals surface area contributed by atoms with Crippen LogP contribution in [0.4, 0.5) is 11.4 Å². The lowest BCUT2D eigenvalue weighted by Gasteiger charge is -2.31. The van der Waals surface area contributed by atoms with Crippen molar-refractivity contribution in [1.82, 2.24) is 4.90 Å². The maximum absolute atomic E-state index is 12.2. The molecule has 0 saturated heterocycles. The highest BCUT2D eigenvalue weighted by Crippen LogP contribution is 2.15. The van der Waals surface area contributed by atoms with Gasteiger partial charge >= 0.3 is 0 Å². The third kappa shape index (κ3) is 4.24. The molecular formula is C15H25N3O. The highest BCUT2D eigenvalue weighted by atomic mass is 16.2. The number of carbonyl (C=O) groups excluding carboxylic acids is 1. The van der Waals surface area contributed by atoms with Crippen LogP contribution in [0.2, 0.25) is 0 Å². The molecule has 1 unspecified atom stereocenters. The van der Waals surface area contributed by atoms with E-state index < -0.39 is 0 Å². The smallest absolute Gasteiger partial charge is 0.241 e. The van der Waals surface area contributed by atoms with E-state index in [1.807, 2.05) is 26.1 Å². The fraction of sp³-hybridized carbons (Fsp3) is 0.533. The molecule has 1 amide bonds. The molecule has 0 aliphatic heterocycles. The Kier molecular flexibility index (Phi) is 5.83. The summed E-state index contributed by atoms with van der Waals surface area (Å²) < 4.78 is 0. The van der Waals surface area contributed by atoms with Gasteiger partial charge in [-0.3, -0.25) is 9.69 Å². The molecule has 0 aliphatic rings. The second-order valence-corrected chi connectivity index (χ2v) is 4.93. The fourth-order valence-corrected chi connectivity index (χ4v) is 2.23. The molecule has 1 aromatic rings. The van der Waals surface area contributed by atoms with Crippen molar-refractivity contribution in [2.75, 3.05) is 18.1 Å². The first-order valence-electron chi connectivity index (χ1n) is 6.87. The number of hydrogen-bond acceptors (Lipinski definition) is 3. The van der Waals surface area contributed by atoms with Gasteiger partial charge in [-0.25, -0.2) is 0 Å². The molecule has 0 aliphatic carbocycles. The van der Waals surface area contributed by atoms with Crippen molar-refractivity contribution in [2.45, 2.75) is 45.7 Å². The van der Waals surface area contributed by atoms with Gasteiger partial charge in [-0.2, -0.15) is 0 Å². The number of nitrogens with zero attached hydrogens (tertiary/aromatic N) is 1. The fourth-order valence-electron chi connectivity index (χ4n) is 2.23. The Morgan fingerprint density at radius 2 is 2.00 bits per heavy atom. The molecule has 0 heterocycles. The molecule has 0 bridgehead atoms. The molecule has 19 heavy (non-hydrogen) atoms. The van der Waals surface area contributed by atoms with Crippen molar-refractivity contribution in [2.24, 2.45) is 0 Å². The number of likely N-dealkylation sites (N-methyl/N-ethyl adjacent to an activating group) is 1. The van der Waals surface area contributed by atoms with Gasteiger partial charge in [0.2, 0.25) is 5.91 Å². The van der Waals surface area contributed by atoms with Gasteiger partial charge in [0.05, 0.1) is 6.04 Å². The maximum atomic E-state index is 12.2. The Morgan fingerprint density at radius 3 is 2.53 bits per heavy atom. The van der Waals surface area contributed by atoms with Crippen LogP contribution in [0.3, 0.4) is 0 Å². The Balaban J connectivity index is 2.67. The summed E-state index contributed by atoms with van der Waals surface area (Å²) in [7, 11) is 2.00. The predicted octanol–water partition coefficient (Wildman–Crippen LogP) is 2.72. The van der Waals surface area contributed by atoms with E-state index in [1.165, 1.54) is 0 Å². The minimum atomic E-state index is -0.161. The van der Waals surface area contributed by atoms with Gasteiger partial charge in [-0.15, -0.1) is 0 Å². The minimum Gasteiger partial charge on any atom is -0.399 e. The van der Waals surface area contributed by atoms with E-state index in [1.54, 1.807) is 12.1 Å². The van der Waals surface area contributed by atoms with Crippen molar-refractivity contribution >= 4 is 17.3 Å². The summed E-state index contributed by atoms with van der Waals surface area (Å²) in [4.78, 5) is 14.3. The van der Waals surface area contributed by atoms with Crippen LogP contribution in [0.15, 0.2) is 24.3 Å². The van der Waals surface area contributed by atoms with Gasteiger partial charge < -0.3 is 11.1 Å². The summed E-state index contributed by atoms with van der Waals surface area (Å²) in [6.45, 7) is 6.22. The van der Waals surface area contributed by atoms with E-state index in [9.17, 15) is 4.79 Å². The van der Waals surface area contributed by atoms with Gasteiger partial charge in [-0.1, -0.05) is 19.9 Å². The van der Waals surface area contributed by atoms with Crippen LogP contribution in [0.1, 0.15) is 33.6 Å². The summed E-state index contributed by atoms with van der Waals surface area (Å²) in [6.07, 6.45) is 2.09. The number of nitrogens with one attached hydrogen (secondary N) is 1. The van der Waals surface area contributed by atoms with Crippen LogP contribution in [0.5, 0.6) is 0 Å². The molecule has 4 heteroatoms. The Bertz CT molecular complexity index is 416. The highest BCUT2D eigenvalue weighted by molar-refractivity contribution is 5.94. The molecule has 0 saturated carbocycles. The lowest BCUT2D eigenvalue weighted by atomic mass is 10.1. The topological polar surface area (TPSA) is 58.4 Å². The van der Waals surface area contributed by atoms with Crippen LogP contribution in [-0.4, -0.2) is 29.9 Å². The van der Waals surface area contributed by atoms with Crippen LogP contribution in [0.25, 0.3) is 0 Å². The second-order valence-electron chi connectivity index (χ2n) is 4.93. The highest BCUT2D eigenvalue weighted by Gasteiger charge is 2.22. The Hall–Kier alpha value is -1.55. The summed E-state index contributed by atoms with van der Waals surface area (Å²) in [6, 6.07) is 7.52. The van der Waals surface area contributed by atoms with Crippen molar-refractivity contribution < 1.29 is 4.79 Å². The van der Waals surface area contributed by atoms with Gasteiger partial charge in [-0.05, 0) is 45.0 Å². The normalized spacial score (nSPS) is 12.7. The largest absolute Gasteiger partial charge is 0.399 e. The monoisotopic (exact) mass is 263 g/mol. The third-order valence-electron chi connectivity index (χ3n) is 3.66. The Labute approximate surface area is 116 Å². The number of rotatable bonds is 6. The molecule has 1 atom stereocenters. The molecule has 0 aromatic heterocycles. The number of nitrogens with two attached hydrogens (primary N) is 1. The second kappa shape index (κ2) is 7.14. The first-order valence-corrected chi connectivity index (χ1v) is 6.87. The van der Waals surface area contributed by atoms with Crippen LogP contribution < -0.4 is 11.1 Å². The quantitative estimate of drug-likeness (QED) is 0.776. The van der Waals surface area contributed by atoms with Gasteiger partial charge in [0.25, 0.3) is 0 Å². The predicted molar refractivity (Wildman–Crippen MR) is 81.1 cm³/mol. The molecule has 0 fully saturated rings. The van der Waals surface area contributed by atoms with E-state index in [4.69, 9.17) is 5.73 Å². The number of hydrogen-bond donors (Lipinski definition) is 2. The maximum Gasteiger partial charge on any atom is 0.241 e. The molecule has 106 valence electrons. The number of carbonyl (C=O) groups is 1. The number of benzene rings is 1. The zero-order valence-electron chi connectivity index (χ0n) is 12.3. The molecular weight excluding hydrogens is 238 g/mol. The van der Waals surface area contributed by atoms with Crippen molar-refractivity contribution in [3.05, 3.63) is 24.3 Å². The summed E-state index contributed by atoms with van der Waals surface area (Å²) in [5.41, 5.74) is 7.10. The number of nitrogen functional groups attached to an aromatic ring is 1. The standard InChI is InChI=1S/C15H25N3O/c1-5-14(6-2)18(4)11(3)15(19)17-13-9-7-8-12(16)10-13/h7-11,14H,5-6,16H2,1-4H3,(H,17,19). The lowest BCUT2D eigenvalue weighted by Crippen LogP contribution is -2.44. The molecule has 0 spiro atoms. The number of anilines is 2. The summed E-state index contributed by atoms with van der Waals surface area (Å²) in [5, 5.41) is 2.91. The van der Waals surface area contributed by atoms with Crippen molar-refractivity contribution in [3.63, 3.8) is 0 Å². The molecule has 3 N–H and O–H groups in total. The van der Waals surface area contributed by atoms with E-state index in [-0.39, 0.29) is 11.9 Å². The molecule has 0 radical (unpaired) electrons. The Morgan fingerprint density at radius 1 is 1.37 bits per heavy atom. The SMILES string of the molecule is CCC(CC)N(C)C(C)C(=O)Nc1cccc(N)c1. The molecule has 1 aromatic carbocycles. The van der Waals surface area contributed by atoms with Crippen LogP contribution in [-0.2, 0) is 4.79 Å². The summed E-state index contributed by atoms with van der Waals surface area (Å²) >= 11 is 0. The first kappa shape index (κ1) is 15.5. The zero-order valence-corrected chi connectivity index (χ0v) is 12.3. The van der Waals surface area contributed by atoms with Gasteiger partial charge in [0.15, 0.2) is 0 Å². The van der Waals surface area contributed by atoms with Crippen molar-refractivity contribution in [1.29, 1.82) is 0 Å². The van der Waals surface area contributed by atoms with E-state index in [0.717, 1.165) is 18.5 Å². The van der Waals surface area contributed by atoms with Gasteiger partial charge in [0.1, 0.15) is 0 Å². The minimum absolute atomic E-state index is 0.000000000000000222. The summed E-state index contributed by atoms with van der Waals surface area (Å²) in [5.74, 6) is 0.000000000000000222. The average molecular weight is 263 g/mol.